The van der Waals surface area contributed by atoms with E-state index in [1.807, 2.05) is 0 Å². The third kappa shape index (κ3) is 6.05. The molecule has 19 heavy (non-hydrogen) atoms. The lowest BCUT2D eigenvalue weighted by atomic mass is 10.3. The molecule has 0 bridgehead atoms. The number of pyridine rings is 1. The summed E-state index contributed by atoms with van der Waals surface area (Å²) in [7, 11) is 1.70. The number of aromatic nitrogens is 1. The van der Waals surface area contributed by atoms with E-state index in [1.54, 1.807) is 13.1 Å². The van der Waals surface area contributed by atoms with Crippen LogP contribution in [0.15, 0.2) is 18.3 Å². The van der Waals surface area contributed by atoms with Crippen LogP contribution in [-0.2, 0) is 4.74 Å². The van der Waals surface area contributed by atoms with Gasteiger partial charge in [-0.05, 0) is 12.1 Å². The molecular formula is C11H14F3N3O2. The van der Waals surface area contributed by atoms with Crippen LogP contribution in [-0.4, -0.2) is 43.9 Å². The second-order valence-corrected chi connectivity index (χ2v) is 3.60. The second-order valence-electron chi connectivity index (χ2n) is 3.60. The summed E-state index contributed by atoms with van der Waals surface area (Å²) >= 11 is 0. The van der Waals surface area contributed by atoms with Crippen LogP contribution in [0.5, 0.6) is 0 Å². The van der Waals surface area contributed by atoms with Gasteiger partial charge in [-0.25, -0.2) is 0 Å². The van der Waals surface area contributed by atoms with Gasteiger partial charge in [0.05, 0.1) is 6.61 Å². The quantitative estimate of drug-likeness (QED) is 0.772. The molecule has 8 heteroatoms. The third-order valence-corrected chi connectivity index (χ3v) is 2.08. The van der Waals surface area contributed by atoms with Crippen LogP contribution in [0.2, 0.25) is 0 Å². The highest BCUT2D eigenvalue weighted by molar-refractivity contribution is 5.93. The van der Waals surface area contributed by atoms with Crippen LogP contribution in [0.3, 0.4) is 0 Å². The summed E-state index contributed by atoms with van der Waals surface area (Å²) in [6, 6.07) is 3.22. The van der Waals surface area contributed by atoms with E-state index in [1.165, 1.54) is 12.3 Å². The molecule has 0 saturated heterocycles. The van der Waals surface area contributed by atoms with Crippen LogP contribution in [0.1, 0.15) is 10.5 Å². The van der Waals surface area contributed by atoms with Crippen molar-refractivity contribution in [3.63, 3.8) is 0 Å². The number of halogens is 3. The first kappa shape index (κ1) is 15.2. The van der Waals surface area contributed by atoms with Gasteiger partial charge in [0.2, 0.25) is 0 Å². The molecule has 1 rings (SSSR count). The monoisotopic (exact) mass is 277 g/mol. The molecule has 0 aliphatic rings. The van der Waals surface area contributed by atoms with Crippen molar-refractivity contribution < 1.29 is 22.7 Å². The highest BCUT2D eigenvalue weighted by Gasteiger charge is 2.27. The summed E-state index contributed by atoms with van der Waals surface area (Å²) in [5.74, 6) is -0.465. The van der Waals surface area contributed by atoms with Gasteiger partial charge in [-0.1, -0.05) is 0 Å². The Balaban J connectivity index is 2.31. The summed E-state index contributed by atoms with van der Waals surface area (Å²) in [4.78, 5) is 15.4. The molecule has 0 aliphatic heterocycles. The third-order valence-electron chi connectivity index (χ3n) is 2.08. The number of nitrogens with one attached hydrogen (secondary N) is 2. The Kier molecular flexibility index (Phi) is 5.56. The molecular weight excluding hydrogens is 263 g/mol. The van der Waals surface area contributed by atoms with Crippen LogP contribution < -0.4 is 10.6 Å². The molecule has 2 N–H and O–H groups in total. The van der Waals surface area contributed by atoms with Gasteiger partial charge in [-0.3, -0.25) is 9.78 Å². The number of amides is 1. The molecule has 0 radical (unpaired) electrons. The standard InChI is InChI=1S/C11H14F3N3O2/c1-15-8-2-3-16-9(6-8)10(18)17-4-5-19-7-11(12,13)14/h2-3,6H,4-5,7H2,1H3,(H,15,16)(H,17,18). The van der Waals surface area contributed by atoms with Crippen LogP contribution in [0, 0.1) is 0 Å². The van der Waals surface area contributed by atoms with Crippen molar-refractivity contribution in [2.24, 2.45) is 0 Å². The molecule has 0 fully saturated rings. The smallest absolute Gasteiger partial charge is 0.388 e. The molecule has 1 amide bonds. The predicted octanol–water partition coefficient (Wildman–Crippen LogP) is 1.43. The Morgan fingerprint density at radius 1 is 1.47 bits per heavy atom. The molecule has 0 spiro atoms. The largest absolute Gasteiger partial charge is 0.411 e. The average Bonchev–Trinajstić information content (AvgIpc) is 2.37. The topological polar surface area (TPSA) is 63.2 Å². The van der Waals surface area contributed by atoms with Crippen LogP contribution in [0.4, 0.5) is 18.9 Å². The Morgan fingerprint density at radius 2 is 2.21 bits per heavy atom. The van der Waals surface area contributed by atoms with Gasteiger partial charge in [-0.2, -0.15) is 13.2 Å². The number of hydrogen-bond donors (Lipinski definition) is 2. The number of carbonyl (C=O) groups excluding carboxylic acids is 1. The number of nitrogens with zero attached hydrogens (tertiary/aromatic N) is 1. The maximum Gasteiger partial charge on any atom is 0.411 e. The molecule has 1 aromatic rings. The lowest BCUT2D eigenvalue weighted by Gasteiger charge is -2.08. The number of alkyl halides is 3. The molecule has 1 heterocycles. The minimum Gasteiger partial charge on any atom is -0.388 e. The molecule has 0 atom stereocenters. The average molecular weight is 277 g/mol. The van der Waals surface area contributed by atoms with Gasteiger partial charge < -0.3 is 15.4 Å². The van der Waals surface area contributed by atoms with Crippen molar-refractivity contribution >= 4 is 11.6 Å². The lowest BCUT2D eigenvalue weighted by molar-refractivity contribution is -0.173. The van der Waals surface area contributed by atoms with E-state index in [9.17, 15) is 18.0 Å². The van der Waals surface area contributed by atoms with E-state index < -0.39 is 18.7 Å². The van der Waals surface area contributed by atoms with E-state index >= 15 is 0 Å². The summed E-state index contributed by atoms with van der Waals surface area (Å²) in [5, 5.41) is 5.26. The first-order valence-electron chi connectivity index (χ1n) is 5.49. The fraction of sp³-hybridized carbons (Fsp3) is 0.455. The number of rotatable bonds is 6. The molecule has 0 saturated carbocycles. The maximum absolute atomic E-state index is 11.8. The molecule has 0 aromatic carbocycles. The molecule has 1 aromatic heterocycles. The highest BCUT2D eigenvalue weighted by atomic mass is 19.4. The number of anilines is 1. The molecule has 106 valence electrons. The summed E-state index contributed by atoms with van der Waals surface area (Å²) < 4.78 is 39.6. The Bertz CT molecular complexity index is 424. The fourth-order valence-corrected chi connectivity index (χ4v) is 1.23. The van der Waals surface area contributed by atoms with Gasteiger partial charge >= 0.3 is 6.18 Å². The Morgan fingerprint density at radius 3 is 2.84 bits per heavy atom. The van der Waals surface area contributed by atoms with Crippen LogP contribution in [0.25, 0.3) is 0 Å². The van der Waals surface area contributed by atoms with Crippen molar-refractivity contribution in [1.82, 2.24) is 10.3 Å². The summed E-state index contributed by atoms with van der Waals surface area (Å²) in [5.41, 5.74) is 0.899. The van der Waals surface area contributed by atoms with Crippen molar-refractivity contribution in [2.45, 2.75) is 6.18 Å². The van der Waals surface area contributed by atoms with Gasteiger partial charge in [0.15, 0.2) is 0 Å². The summed E-state index contributed by atoms with van der Waals surface area (Å²) in [6.45, 7) is -1.55. The van der Waals surface area contributed by atoms with E-state index in [0.717, 1.165) is 0 Å². The van der Waals surface area contributed by atoms with Crippen molar-refractivity contribution in [3.8, 4) is 0 Å². The van der Waals surface area contributed by atoms with Crippen LogP contribution >= 0.6 is 0 Å². The van der Waals surface area contributed by atoms with Crippen molar-refractivity contribution in [1.29, 1.82) is 0 Å². The first-order valence-corrected chi connectivity index (χ1v) is 5.49. The predicted molar refractivity (Wildman–Crippen MR) is 63.0 cm³/mol. The number of ether oxygens (including phenoxy) is 1. The van der Waals surface area contributed by atoms with E-state index in [0.29, 0.717) is 5.69 Å². The second kappa shape index (κ2) is 6.93. The number of hydrogen-bond acceptors (Lipinski definition) is 4. The minimum absolute atomic E-state index is 0.0135. The van der Waals surface area contributed by atoms with E-state index in [4.69, 9.17) is 0 Å². The van der Waals surface area contributed by atoms with Crippen molar-refractivity contribution in [3.05, 3.63) is 24.0 Å². The zero-order valence-corrected chi connectivity index (χ0v) is 10.3. The Labute approximate surface area is 108 Å². The SMILES string of the molecule is CNc1ccnc(C(=O)NCCOCC(F)(F)F)c1. The van der Waals surface area contributed by atoms with Gasteiger partial charge in [-0.15, -0.1) is 0 Å². The van der Waals surface area contributed by atoms with Gasteiger partial charge in [0, 0.05) is 25.5 Å². The Hall–Kier alpha value is -1.83. The fourth-order valence-electron chi connectivity index (χ4n) is 1.23. The van der Waals surface area contributed by atoms with Gasteiger partial charge in [0.1, 0.15) is 12.3 Å². The zero-order valence-electron chi connectivity index (χ0n) is 10.3. The van der Waals surface area contributed by atoms with Crippen molar-refractivity contribution in [2.75, 3.05) is 32.1 Å². The highest BCUT2D eigenvalue weighted by Crippen LogP contribution is 2.14. The first-order chi connectivity index (χ1) is 8.92. The minimum atomic E-state index is -4.35. The number of carbonyl (C=O) groups is 1. The summed E-state index contributed by atoms with van der Waals surface area (Å²) in [6.07, 6.45) is -2.90. The molecule has 0 aliphatic carbocycles. The normalized spacial score (nSPS) is 11.2. The van der Waals surface area contributed by atoms with E-state index in [-0.39, 0.29) is 18.8 Å². The zero-order chi connectivity index (χ0) is 14.3. The molecule has 0 unspecified atom stereocenters. The van der Waals surface area contributed by atoms with Gasteiger partial charge in [0.25, 0.3) is 5.91 Å². The van der Waals surface area contributed by atoms with E-state index in [2.05, 4.69) is 20.4 Å². The maximum atomic E-state index is 11.8. The lowest BCUT2D eigenvalue weighted by Crippen LogP contribution is -2.29. The molecule has 5 nitrogen and oxygen atoms in total.